The molecule has 0 amide bonds. The van der Waals surface area contributed by atoms with Gasteiger partial charge in [-0.3, -0.25) is 4.79 Å². The van der Waals surface area contributed by atoms with E-state index in [-0.39, 0.29) is 11.3 Å². The van der Waals surface area contributed by atoms with Gasteiger partial charge in [-0.1, -0.05) is 65.9 Å². The summed E-state index contributed by atoms with van der Waals surface area (Å²) in [6.45, 7) is 1.86. The van der Waals surface area contributed by atoms with Gasteiger partial charge >= 0.3 is 5.97 Å². The van der Waals surface area contributed by atoms with Gasteiger partial charge in [0.2, 0.25) is 10.0 Å². The minimum Gasteiger partial charge on any atom is -0.480 e. The molecule has 3 aromatic rings. The standard InChI is InChI=1S/C23H23NO4S2/c1-17-12-14-20(15-13-17)30(27,28)24(2)21(23(25)26)16-18-8-6-7-11-22(18)29-19-9-4-3-5-10-19/h3-15,21H,16H2,1-2H3,(H,25,26)/t21-/m1/s1. The zero-order valence-electron chi connectivity index (χ0n) is 16.7. The molecule has 0 heterocycles. The molecule has 1 N–H and O–H groups in total. The van der Waals surface area contributed by atoms with Gasteiger partial charge < -0.3 is 5.11 Å². The number of nitrogens with zero attached hydrogens (tertiary/aromatic N) is 1. The number of rotatable bonds is 8. The number of hydrogen-bond acceptors (Lipinski definition) is 4. The molecule has 156 valence electrons. The molecule has 0 fully saturated rings. The Labute approximate surface area is 181 Å². The third kappa shape index (κ3) is 5.11. The van der Waals surface area contributed by atoms with Crippen molar-refractivity contribution in [3.8, 4) is 0 Å². The third-order valence-electron chi connectivity index (χ3n) is 4.78. The second kappa shape index (κ2) is 9.47. The van der Waals surface area contributed by atoms with Gasteiger partial charge in [-0.15, -0.1) is 0 Å². The van der Waals surface area contributed by atoms with Crippen molar-refractivity contribution in [1.82, 2.24) is 4.31 Å². The highest BCUT2D eigenvalue weighted by molar-refractivity contribution is 7.99. The summed E-state index contributed by atoms with van der Waals surface area (Å²) >= 11 is 1.52. The predicted octanol–water partition coefficient (Wildman–Crippen LogP) is 4.46. The number of likely N-dealkylation sites (N-methyl/N-ethyl adjacent to an activating group) is 1. The van der Waals surface area contributed by atoms with E-state index >= 15 is 0 Å². The van der Waals surface area contributed by atoms with Crippen LogP contribution in [-0.4, -0.2) is 36.9 Å². The molecule has 0 unspecified atom stereocenters. The Kier molecular flexibility index (Phi) is 6.97. The molecule has 0 saturated carbocycles. The van der Waals surface area contributed by atoms with Crippen LogP contribution in [0, 0.1) is 6.92 Å². The van der Waals surface area contributed by atoms with Gasteiger partial charge in [-0.25, -0.2) is 8.42 Å². The number of carbonyl (C=O) groups is 1. The monoisotopic (exact) mass is 441 g/mol. The molecule has 30 heavy (non-hydrogen) atoms. The summed E-state index contributed by atoms with van der Waals surface area (Å²) < 4.78 is 27.0. The average Bonchev–Trinajstić information content (AvgIpc) is 2.73. The smallest absolute Gasteiger partial charge is 0.322 e. The predicted molar refractivity (Wildman–Crippen MR) is 118 cm³/mol. The summed E-state index contributed by atoms with van der Waals surface area (Å²) in [6, 6.07) is 22.4. The Bertz CT molecular complexity index is 1110. The summed E-state index contributed by atoms with van der Waals surface area (Å²) in [6.07, 6.45) is 0.0624. The SMILES string of the molecule is Cc1ccc(S(=O)(=O)N(C)[C@H](Cc2ccccc2Sc2ccccc2)C(=O)O)cc1. The Morgan fingerprint density at radius 3 is 2.20 bits per heavy atom. The highest BCUT2D eigenvalue weighted by atomic mass is 32.2. The summed E-state index contributed by atoms with van der Waals surface area (Å²) in [7, 11) is -2.63. The van der Waals surface area contributed by atoms with E-state index in [0.29, 0.717) is 0 Å². The molecule has 3 rings (SSSR count). The van der Waals surface area contributed by atoms with Gasteiger partial charge in [0.15, 0.2) is 0 Å². The van der Waals surface area contributed by atoms with Crippen LogP contribution in [0.4, 0.5) is 0 Å². The summed E-state index contributed by atoms with van der Waals surface area (Å²) in [4.78, 5) is 14.0. The molecule has 5 nitrogen and oxygen atoms in total. The van der Waals surface area contributed by atoms with E-state index in [9.17, 15) is 18.3 Å². The Morgan fingerprint density at radius 2 is 1.57 bits per heavy atom. The fourth-order valence-electron chi connectivity index (χ4n) is 3.01. The Balaban J connectivity index is 1.89. The van der Waals surface area contributed by atoms with E-state index in [2.05, 4.69) is 0 Å². The first kappa shape index (κ1) is 22.1. The minimum absolute atomic E-state index is 0.0624. The van der Waals surface area contributed by atoms with Crippen LogP contribution >= 0.6 is 11.8 Å². The van der Waals surface area contributed by atoms with Gasteiger partial charge in [0, 0.05) is 23.3 Å². The van der Waals surface area contributed by atoms with Crippen molar-refractivity contribution in [3.63, 3.8) is 0 Å². The zero-order valence-corrected chi connectivity index (χ0v) is 18.4. The number of hydrogen-bond donors (Lipinski definition) is 1. The van der Waals surface area contributed by atoms with Crippen LogP contribution in [-0.2, 0) is 21.2 Å². The van der Waals surface area contributed by atoms with Crippen molar-refractivity contribution in [2.75, 3.05) is 7.05 Å². The number of benzene rings is 3. The van der Waals surface area contributed by atoms with Crippen molar-refractivity contribution in [2.24, 2.45) is 0 Å². The van der Waals surface area contributed by atoms with E-state index in [1.54, 1.807) is 12.1 Å². The molecule has 1 atom stereocenters. The van der Waals surface area contributed by atoms with E-state index in [0.717, 1.165) is 25.2 Å². The van der Waals surface area contributed by atoms with Crippen molar-refractivity contribution in [3.05, 3.63) is 90.0 Å². The molecule has 0 aromatic heterocycles. The topological polar surface area (TPSA) is 74.7 Å². The number of aryl methyl sites for hydroxylation is 1. The first-order chi connectivity index (χ1) is 14.3. The van der Waals surface area contributed by atoms with E-state index in [1.807, 2.05) is 61.5 Å². The third-order valence-corrected chi connectivity index (χ3v) is 7.79. The maximum atomic E-state index is 13.0. The molecule has 0 aliphatic carbocycles. The fraction of sp³-hybridized carbons (Fsp3) is 0.174. The average molecular weight is 442 g/mol. The lowest BCUT2D eigenvalue weighted by molar-refractivity contribution is -0.141. The van der Waals surface area contributed by atoms with Crippen molar-refractivity contribution in [1.29, 1.82) is 0 Å². The quantitative estimate of drug-likeness (QED) is 0.559. The molecule has 0 saturated heterocycles. The van der Waals surface area contributed by atoms with Crippen LogP contribution in [0.25, 0.3) is 0 Å². The van der Waals surface area contributed by atoms with Gasteiger partial charge in [-0.05, 0) is 42.8 Å². The lowest BCUT2D eigenvalue weighted by Crippen LogP contribution is -2.43. The second-order valence-corrected chi connectivity index (χ2v) is 10.0. The van der Waals surface area contributed by atoms with Gasteiger partial charge in [0.05, 0.1) is 4.90 Å². The Hall–Kier alpha value is -2.61. The molecule has 0 spiro atoms. The molecule has 7 heteroatoms. The molecule has 3 aromatic carbocycles. The minimum atomic E-state index is -3.95. The fourth-order valence-corrected chi connectivity index (χ4v) is 5.30. The lowest BCUT2D eigenvalue weighted by atomic mass is 10.1. The van der Waals surface area contributed by atoms with E-state index in [4.69, 9.17) is 0 Å². The van der Waals surface area contributed by atoms with Crippen molar-refractivity contribution < 1.29 is 18.3 Å². The zero-order chi connectivity index (χ0) is 21.7. The van der Waals surface area contributed by atoms with Crippen LogP contribution in [0.1, 0.15) is 11.1 Å². The molecule has 0 bridgehead atoms. The Morgan fingerprint density at radius 1 is 0.967 bits per heavy atom. The largest absolute Gasteiger partial charge is 0.480 e. The first-order valence-corrected chi connectivity index (χ1v) is 11.6. The van der Waals surface area contributed by atoms with Crippen LogP contribution in [0.3, 0.4) is 0 Å². The first-order valence-electron chi connectivity index (χ1n) is 9.37. The normalized spacial score (nSPS) is 12.6. The van der Waals surface area contributed by atoms with E-state index in [1.165, 1.54) is 30.9 Å². The maximum Gasteiger partial charge on any atom is 0.322 e. The summed E-state index contributed by atoms with van der Waals surface area (Å²) in [5, 5.41) is 9.83. The molecular formula is C23H23NO4S2. The molecular weight excluding hydrogens is 418 g/mol. The molecule has 0 radical (unpaired) electrons. The lowest BCUT2D eigenvalue weighted by Gasteiger charge is -2.25. The summed E-state index contributed by atoms with van der Waals surface area (Å²) in [5.74, 6) is -1.19. The highest BCUT2D eigenvalue weighted by Gasteiger charge is 2.33. The highest BCUT2D eigenvalue weighted by Crippen LogP contribution is 2.31. The van der Waals surface area contributed by atoms with Gasteiger partial charge in [0.25, 0.3) is 0 Å². The van der Waals surface area contributed by atoms with Crippen LogP contribution in [0.2, 0.25) is 0 Å². The van der Waals surface area contributed by atoms with Gasteiger partial charge in [-0.2, -0.15) is 4.31 Å². The number of sulfonamides is 1. The number of carboxylic acid groups (broad SMARTS) is 1. The maximum absolute atomic E-state index is 13.0. The summed E-state index contributed by atoms with van der Waals surface area (Å²) in [5.41, 5.74) is 1.71. The molecule has 0 aliphatic rings. The molecule has 0 aliphatic heterocycles. The van der Waals surface area contributed by atoms with E-state index < -0.39 is 22.0 Å². The van der Waals surface area contributed by atoms with Crippen molar-refractivity contribution in [2.45, 2.75) is 34.1 Å². The van der Waals surface area contributed by atoms with Crippen LogP contribution in [0.15, 0.2) is 93.5 Å². The second-order valence-electron chi connectivity index (χ2n) is 6.92. The number of carboxylic acids is 1. The van der Waals surface area contributed by atoms with Crippen molar-refractivity contribution >= 4 is 27.8 Å². The van der Waals surface area contributed by atoms with Crippen LogP contribution in [0.5, 0.6) is 0 Å². The number of aliphatic carboxylic acids is 1. The van der Waals surface area contributed by atoms with Crippen LogP contribution < -0.4 is 0 Å². The van der Waals surface area contributed by atoms with Gasteiger partial charge in [0.1, 0.15) is 6.04 Å².